The van der Waals surface area contributed by atoms with E-state index in [1.165, 1.54) is 5.56 Å². The van der Waals surface area contributed by atoms with Crippen molar-refractivity contribution < 1.29 is 0 Å². The minimum atomic E-state index is 0.749. The van der Waals surface area contributed by atoms with E-state index in [4.69, 9.17) is 0 Å². The number of hydrogen-bond acceptors (Lipinski definition) is 3. The van der Waals surface area contributed by atoms with Gasteiger partial charge in [0.25, 0.3) is 0 Å². The van der Waals surface area contributed by atoms with E-state index >= 15 is 0 Å². The molecule has 0 atom stereocenters. The van der Waals surface area contributed by atoms with E-state index in [9.17, 15) is 0 Å². The predicted molar refractivity (Wildman–Crippen MR) is 71.6 cm³/mol. The fourth-order valence-electron chi connectivity index (χ4n) is 2.11. The minimum Gasteiger partial charge on any atom is -0.331 e. The maximum atomic E-state index is 4.69. The third kappa shape index (κ3) is 2.88. The van der Waals surface area contributed by atoms with Gasteiger partial charge < -0.3 is 9.13 Å². The highest BCUT2D eigenvalue weighted by molar-refractivity contribution is 5.21. The first kappa shape index (κ1) is 11.6. The largest absolute Gasteiger partial charge is 0.331 e. The molecule has 0 fully saturated rings. The van der Waals surface area contributed by atoms with E-state index in [1.807, 2.05) is 21.5 Å². The predicted octanol–water partition coefficient (Wildman–Crippen LogP) is 1.88. The van der Waals surface area contributed by atoms with Gasteiger partial charge >= 0.3 is 0 Å². The van der Waals surface area contributed by atoms with Crippen molar-refractivity contribution in [2.45, 2.75) is 20.0 Å². The molecule has 0 radical (unpaired) electrons. The lowest BCUT2D eigenvalue weighted by Crippen LogP contribution is -2.05. The molecule has 0 saturated carbocycles. The fourth-order valence-corrected chi connectivity index (χ4v) is 2.11. The molecule has 96 valence electrons. The lowest BCUT2D eigenvalue weighted by Gasteiger charge is -2.08. The number of imidazole rings is 2. The normalized spacial score (nSPS) is 10.8. The number of pyridine rings is 1. The summed E-state index contributed by atoms with van der Waals surface area (Å²) in [4.78, 5) is 12.8. The molecule has 3 rings (SSSR count). The van der Waals surface area contributed by atoms with Crippen molar-refractivity contribution in [3.63, 3.8) is 0 Å². The average molecular weight is 253 g/mol. The van der Waals surface area contributed by atoms with Gasteiger partial charge in [-0.3, -0.25) is 4.98 Å². The van der Waals surface area contributed by atoms with Gasteiger partial charge in [-0.1, -0.05) is 0 Å². The van der Waals surface area contributed by atoms with E-state index in [0.29, 0.717) is 0 Å². The smallest absolute Gasteiger partial charge is 0.0949 e. The summed E-state index contributed by atoms with van der Waals surface area (Å²) < 4.78 is 4.03. The molecule has 3 heterocycles. The summed E-state index contributed by atoms with van der Waals surface area (Å²) in [6, 6.07) is 4.22. The summed E-state index contributed by atoms with van der Waals surface area (Å²) in [5.41, 5.74) is 3.32. The van der Waals surface area contributed by atoms with Crippen molar-refractivity contribution in [1.29, 1.82) is 0 Å². The van der Waals surface area contributed by atoms with Crippen LogP contribution in [0.5, 0.6) is 0 Å². The van der Waals surface area contributed by atoms with Crippen molar-refractivity contribution in [3.8, 4) is 0 Å². The lowest BCUT2D eigenvalue weighted by atomic mass is 10.2. The topological polar surface area (TPSA) is 48.5 Å². The van der Waals surface area contributed by atoms with Crippen molar-refractivity contribution in [2.24, 2.45) is 0 Å². The molecule has 0 amide bonds. The molecule has 0 bridgehead atoms. The Labute approximate surface area is 111 Å². The number of hydrogen-bond donors (Lipinski definition) is 0. The zero-order valence-electron chi connectivity index (χ0n) is 10.8. The van der Waals surface area contributed by atoms with E-state index < -0.39 is 0 Å². The van der Waals surface area contributed by atoms with Gasteiger partial charge in [-0.05, 0) is 24.6 Å². The third-order valence-corrected chi connectivity index (χ3v) is 2.88. The molecule has 0 saturated heterocycles. The van der Waals surface area contributed by atoms with Gasteiger partial charge in [0.15, 0.2) is 0 Å². The molecule has 0 aromatic carbocycles. The van der Waals surface area contributed by atoms with Gasteiger partial charge in [-0.15, -0.1) is 0 Å². The lowest BCUT2D eigenvalue weighted by molar-refractivity contribution is 0.733. The maximum absolute atomic E-state index is 4.69. The summed E-state index contributed by atoms with van der Waals surface area (Å²) in [5, 5.41) is 0. The van der Waals surface area contributed by atoms with Gasteiger partial charge in [-0.2, -0.15) is 0 Å². The molecule has 0 unspecified atom stereocenters. The first-order chi connectivity index (χ1) is 9.29. The monoisotopic (exact) mass is 253 g/mol. The van der Waals surface area contributed by atoms with E-state index in [2.05, 4.69) is 34.0 Å². The maximum Gasteiger partial charge on any atom is 0.0949 e. The van der Waals surface area contributed by atoms with Crippen molar-refractivity contribution >= 4 is 0 Å². The molecule has 5 heteroatoms. The molecule has 0 aliphatic heterocycles. The van der Waals surface area contributed by atoms with Crippen LogP contribution in [0.25, 0.3) is 0 Å². The van der Waals surface area contributed by atoms with Crippen LogP contribution in [0.15, 0.2) is 49.6 Å². The van der Waals surface area contributed by atoms with E-state index in [0.717, 1.165) is 24.5 Å². The van der Waals surface area contributed by atoms with Crippen LogP contribution in [0, 0.1) is 6.92 Å². The highest BCUT2D eigenvalue weighted by atomic mass is 15.0. The Morgan fingerprint density at radius 3 is 1.84 bits per heavy atom. The molecule has 19 heavy (non-hydrogen) atoms. The molecule has 3 aromatic rings. The Hall–Kier alpha value is -2.43. The number of aromatic nitrogens is 5. The zero-order chi connectivity index (χ0) is 13.1. The fraction of sp³-hybridized carbons (Fsp3) is 0.214. The van der Waals surface area contributed by atoms with Crippen LogP contribution in [0.2, 0.25) is 0 Å². The Morgan fingerprint density at radius 1 is 0.895 bits per heavy atom. The van der Waals surface area contributed by atoms with Crippen LogP contribution in [0.1, 0.15) is 17.0 Å². The second-order valence-corrected chi connectivity index (χ2v) is 4.60. The zero-order valence-corrected chi connectivity index (χ0v) is 10.8. The summed E-state index contributed by atoms with van der Waals surface area (Å²) in [7, 11) is 0. The molecular formula is C14H15N5. The van der Waals surface area contributed by atoms with Crippen LogP contribution in [0.3, 0.4) is 0 Å². The molecule has 3 aromatic heterocycles. The molecule has 5 nitrogen and oxygen atoms in total. The van der Waals surface area contributed by atoms with Crippen molar-refractivity contribution in [3.05, 3.63) is 66.5 Å². The van der Waals surface area contributed by atoms with Crippen LogP contribution >= 0.6 is 0 Å². The molecular weight excluding hydrogens is 238 g/mol. The highest BCUT2D eigenvalue weighted by Gasteiger charge is 2.02. The van der Waals surface area contributed by atoms with Crippen LogP contribution < -0.4 is 0 Å². The number of aryl methyl sites for hydroxylation is 1. The highest BCUT2D eigenvalue weighted by Crippen LogP contribution is 2.08. The summed E-state index contributed by atoms with van der Waals surface area (Å²) in [5.74, 6) is 0. The van der Waals surface area contributed by atoms with E-state index in [1.54, 1.807) is 25.0 Å². The summed E-state index contributed by atoms with van der Waals surface area (Å²) in [6.07, 6.45) is 11.1. The van der Waals surface area contributed by atoms with Gasteiger partial charge in [0.2, 0.25) is 0 Å². The Bertz CT molecular complexity index is 586. The van der Waals surface area contributed by atoms with Gasteiger partial charge in [0.1, 0.15) is 0 Å². The summed E-state index contributed by atoms with van der Waals surface area (Å²) in [6.45, 7) is 3.59. The van der Waals surface area contributed by atoms with Gasteiger partial charge in [0.05, 0.1) is 37.1 Å². The second-order valence-electron chi connectivity index (χ2n) is 4.60. The molecule has 0 aliphatic carbocycles. The first-order valence-corrected chi connectivity index (χ1v) is 6.17. The molecule has 0 spiro atoms. The van der Waals surface area contributed by atoms with Crippen LogP contribution in [-0.4, -0.2) is 24.1 Å². The van der Waals surface area contributed by atoms with Crippen molar-refractivity contribution in [1.82, 2.24) is 24.1 Å². The SMILES string of the molecule is Cc1cc(Cn2ccnc2)nc(Cn2ccnc2)c1. The van der Waals surface area contributed by atoms with Crippen LogP contribution in [-0.2, 0) is 13.1 Å². The molecule has 0 aliphatic rings. The number of nitrogens with zero attached hydrogens (tertiary/aromatic N) is 5. The standard InChI is InChI=1S/C14H15N5/c1-12-6-13(8-18-4-2-15-10-18)17-14(7-12)9-19-5-3-16-11-19/h2-7,10-11H,8-9H2,1H3. The third-order valence-electron chi connectivity index (χ3n) is 2.88. The van der Waals surface area contributed by atoms with Crippen LogP contribution in [0.4, 0.5) is 0 Å². The average Bonchev–Trinajstić information content (AvgIpc) is 3.01. The second kappa shape index (κ2) is 5.06. The summed E-state index contributed by atoms with van der Waals surface area (Å²) >= 11 is 0. The van der Waals surface area contributed by atoms with Gasteiger partial charge in [-0.25, -0.2) is 9.97 Å². The number of rotatable bonds is 4. The molecule has 0 N–H and O–H groups in total. The quantitative estimate of drug-likeness (QED) is 0.713. The Morgan fingerprint density at radius 2 is 1.42 bits per heavy atom. The Kier molecular flexibility index (Phi) is 3.10. The minimum absolute atomic E-state index is 0.749. The first-order valence-electron chi connectivity index (χ1n) is 6.17. The van der Waals surface area contributed by atoms with Crippen molar-refractivity contribution in [2.75, 3.05) is 0 Å². The van der Waals surface area contributed by atoms with E-state index in [-0.39, 0.29) is 0 Å². The van der Waals surface area contributed by atoms with Gasteiger partial charge in [0, 0.05) is 24.8 Å². The Balaban J connectivity index is 1.83.